The minimum Gasteiger partial charge on any atom is -0.357 e. The maximum absolute atomic E-state index is 11.5. The van der Waals surface area contributed by atoms with E-state index in [0.717, 1.165) is 45.2 Å². The van der Waals surface area contributed by atoms with Crippen LogP contribution in [-0.4, -0.2) is 82.3 Å². The summed E-state index contributed by atoms with van der Waals surface area (Å²) in [4.78, 5) is 9.24. The Hall–Kier alpha value is -1.17. The molecule has 1 aromatic rings. The number of rotatable bonds is 9. The Labute approximate surface area is 192 Å². The third kappa shape index (κ3) is 9.92. The molecular formula is C20H34IN5O2S. The van der Waals surface area contributed by atoms with Gasteiger partial charge in [0.25, 0.3) is 0 Å². The highest BCUT2D eigenvalue weighted by Gasteiger charge is 2.18. The molecular weight excluding hydrogens is 501 g/mol. The van der Waals surface area contributed by atoms with Gasteiger partial charge in [0, 0.05) is 45.8 Å². The van der Waals surface area contributed by atoms with Crippen molar-refractivity contribution < 1.29 is 8.42 Å². The molecule has 2 rings (SSSR count). The summed E-state index contributed by atoms with van der Waals surface area (Å²) in [5.74, 6) is 0.954. The minimum atomic E-state index is -3.16. The fourth-order valence-electron chi connectivity index (χ4n) is 2.94. The molecule has 1 aliphatic rings. The Kier molecular flexibility index (Phi) is 12.4. The molecule has 0 amide bonds. The molecule has 2 N–H and O–H groups in total. The van der Waals surface area contributed by atoms with Crippen molar-refractivity contribution in [2.24, 2.45) is 4.99 Å². The molecule has 0 saturated carbocycles. The zero-order chi connectivity index (χ0) is 20.2. The van der Waals surface area contributed by atoms with E-state index < -0.39 is 10.0 Å². The van der Waals surface area contributed by atoms with Gasteiger partial charge in [-0.3, -0.25) is 9.89 Å². The predicted octanol–water partition coefficient (Wildman–Crippen LogP) is 1.84. The maximum atomic E-state index is 11.5. The average molecular weight is 535 g/mol. The molecule has 0 atom stereocenters. The summed E-state index contributed by atoms with van der Waals surface area (Å²) < 4.78 is 25.5. The first kappa shape index (κ1) is 25.9. The summed E-state index contributed by atoms with van der Waals surface area (Å²) in [6.07, 6.45) is 4.37. The summed E-state index contributed by atoms with van der Waals surface area (Å²) in [5.41, 5.74) is 1.22. The topological polar surface area (TPSA) is 77.0 Å². The van der Waals surface area contributed by atoms with E-state index in [1.54, 1.807) is 6.92 Å². The predicted molar refractivity (Wildman–Crippen MR) is 132 cm³/mol. The first-order valence-electron chi connectivity index (χ1n) is 9.98. The lowest BCUT2D eigenvalue weighted by molar-refractivity contribution is 0.194. The minimum absolute atomic E-state index is 0. The lowest BCUT2D eigenvalue weighted by Gasteiger charge is -2.36. The van der Waals surface area contributed by atoms with Crippen molar-refractivity contribution in [3.05, 3.63) is 42.0 Å². The first-order valence-corrected chi connectivity index (χ1v) is 11.6. The van der Waals surface area contributed by atoms with E-state index in [4.69, 9.17) is 0 Å². The SMILES string of the molecule is CCNC(=NCCNS(=O)(=O)CC)N1CCN(C/C=C/c2ccccc2)CC1.I. The van der Waals surface area contributed by atoms with Crippen LogP contribution in [0.25, 0.3) is 6.08 Å². The van der Waals surface area contributed by atoms with Crippen molar-refractivity contribution in [1.82, 2.24) is 19.8 Å². The molecule has 164 valence electrons. The number of aliphatic imine (C=N–C) groups is 1. The van der Waals surface area contributed by atoms with Gasteiger partial charge in [-0.25, -0.2) is 13.1 Å². The van der Waals surface area contributed by atoms with E-state index in [-0.39, 0.29) is 29.7 Å². The largest absolute Gasteiger partial charge is 0.357 e. The Morgan fingerprint density at radius 1 is 1.14 bits per heavy atom. The second-order valence-corrected chi connectivity index (χ2v) is 8.73. The van der Waals surface area contributed by atoms with Gasteiger partial charge >= 0.3 is 0 Å². The zero-order valence-corrected chi connectivity index (χ0v) is 20.5. The molecule has 1 heterocycles. The molecule has 9 heteroatoms. The van der Waals surface area contributed by atoms with E-state index in [1.165, 1.54) is 5.56 Å². The van der Waals surface area contributed by atoms with Crippen LogP contribution in [0.2, 0.25) is 0 Å². The molecule has 1 fully saturated rings. The molecule has 0 aromatic heterocycles. The third-order valence-corrected chi connectivity index (χ3v) is 5.96. The molecule has 7 nitrogen and oxygen atoms in total. The van der Waals surface area contributed by atoms with Gasteiger partial charge < -0.3 is 10.2 Å². The number of hydrogen-bond acceptors (Lipinski definition) is 4. The molecule has 0 spiro atoms. The lowest BCUT2D eigenvalue weighted by atomic mass is 10.2. The number of nitrogens with zero attached hydrogens (tertiary/aromatic N) is 3. The monoisotopic (exact) mass is 535 g/mol. The van der Waals surface area contributed by atoms with Gasteiger partial charge in [-0.05, 0) is 19.4 Å². The fraction of sp³-hybridized carbons (Fsp3) is 0.550. The van der Waals surface area contributed by atoms with Gasteiger partial charge in [-0.15, -0.1) is 24.0 Å². The number of hydrogen-bond donors (Lipinski definition) is 2. The number of sulfonamides is 1. The molecule has 1 saturated heterocycles. The Morgan fingerprint density at radius 2 is 1.83 bits per heavy atom. The fourth-order valence-corrected chi connectivity index (χ4v) is 3.54. The van der Waals surface area contributed by atoms with Crippen LogP contribution in [0.1, 0.15) is 19.4 Å². The first-order chi connectivity index (χ1) is 13.5. The summed E-state index contributed by atoms with van der Waals surface area (Å²) >= 11 is 0. The second kappa shape index (κ2) is 13.9. The highest BCUT2D eigenvalue weighted by atomic mass is 127. The van der Waals surface area contributed by atoms with Crippen LogP contribution in [0.5, 0.6) is 0 Å². The molecule has 1 aromatic carbocycles. The van der Waals surface area contributed by atoms with E-state index in [1.807, 2.05) is 25.1 Å². The summed E-state index contributed by atoms with van der Waals surface area (Å²) in [5, 5.41) is 3.31. The quantitative estimate of drug-likeness (QED) is 0.219. The van der Waals surface area contributed by atoms with Crippen molar-refractivity contribution >= 4 is 46.0 Å². The van der Waals surface area contributed by atoms with Crippen molar-refractivity contribution in [3.63, 3.8) is 0 Å². The van der Waals surface area contributed by atoms with E-state index >= 15 is 0 Å². The number of guanidine groups is 1. The van der Waals surface area contributed by atoms with Crippen LogP contribution in [-0.2, 0) is 10.0 Å². The van der Waals surface area contributed by atoms with Gasteiger partial charge in [0.2, 0.25) is 10.0 Å². The van der Waals surface area contributed by atoms with Crippen molar-refractivity contribution in [2.45, 2.75) is 13.8 Å². The lowest BCUT2D eigenvalue weighted by Crippen LogP contribution is -2.52. The van der Waals surface area contributed by atoms with Gasteiger partial charge in [0.05, 0.1) is 12.3 Å². The van der Waals surface area contributed by atoms with Crippen LogP contribution < -0.4 is 10.0 Å². The van der Waals surface area contributed by atoms with Gasteiger partial charge in [0.1, 0.15) is 0 Å². The number of piperazine rings is 1. The standard InChI is InChI=1S/C20H33N5O2S.HI/c1-3-21-20(22-12-13-23-28(26,27)4-2)25-17-15-24(16-18-25)14-8-11-19-9-6-5-7-10-19;/h5-11,23H,3-4,12-18H2,1-2H3,(H,21,22);1H/b11-8+;. The van der Waals surface area contributed by atoms with Crippen molar-refractivity contribution in [2.75, 3.05) is 58.1 Å². The third-order valence-electron chi connectivity index (χ3n) is 4.56. The van der Waals surface area contributed by atoms with Gasteiger partial charge in [-0.1, -0.05) is 42.5 Å². The Morgan fingerprint density at radius 3 is 2.45 bits per heavy atom. The molecule has 0 radical (unpaired) electrons. The van der Waals surface area contributed by atoms with E-state index in [2.05, 4.69) is 49.1 Å². The van der Waals surface area contributed by atoms with Gasteiger partial charge in [-0.2, -0.15) is 0 Å². The van der Waals surface area contributed by atoms with Crippen LogP contribution in [0, 0.1) is 0 Å². The van der Waals surface area contributed by atoms with Gasteiger partial charge in [0.15, 0.2) is 5.96 Å². The number of nitrogens with one attached hydrogen (secondary N) is 2. The van der Waals surface area contributed by atoms with E-state index in [0.29, 0.717) is 13.1 Å². The second-order valence-electron chi connectivity index (χ2n) is 6.63. The summed E-state index contributed by atoms with van der Waals surface area (Å²) in [7, 11) is -3.16. The van der Waals surface area contributed by atoms with Crippen LogP contribution in [0.15, 0.2) is 41.4 Å². The molecule has 1 aliphatic heterocycles. The Balaban J connectivity index is 0.00000420. The normalized spacial score (nSPS) is 16.1. The molecule has 29 heavy (non-hydrogen) atoms. The molecule has 0 bridgehead atoms. The number of halogens is 1. The molecule has 0 aliphatic carbocycles. The van der Waals surface area contributed by atoms with Crippen LogP contribution >= 0.6 is 24.0 Å². The Bertz CT molecular complexity index is 732. The van der Waals surface area contributed by atoms with Crippen LogP contribution in [0.4, 0.5) is 0 Å². The zero-order valence-electron chi connectivity index (χ0n) is 17.4. The van der Waals surface area contributed by atoms with Crippen molar-refractivity contribution in [3.8, 4) is 0 Å². The average Bonchev–Trinajstić information content (AvgIpc) is 2.72. The maximum Gasteiger partial charge on any atom is 0.211 e. The summed E-state index contributed by atoms with van der Waals surface area (Å²) in [6, 6.07) is 10.3. The highest BCUT2D eigenvalue weighted by molar-refractivity contribution is 14.0. The molecule has 0 unspecified atom stereocenters. The van der Waals surface area contributed by atoms with Crippen molar-refractivity contribution in [1.29, 1.82) is 0 Å². The summed E-state index contributed by atoms with van der Waals surface area (Å²) in [6.45, 7) is 9.94. The number of benzene rings is 1. The smallest absolute Gasteiger partial charge is 0.211 e. The highest BCUT2D eigenvalue weighted by Crippen LogP contribution is 2.05. The van der Waals surface area contributed by atoms with Crippen LogP contribution in [0.3, 0.4) is 0 Å². The van der Waals surface area contributed by atoms with E-state index in [9.17, 15) is 8.42 Å².